The molecule has 2 rings (SSSR count). The summed E-state index contributed by atoms with van der Waals surface area (Å²) in [5, 5.41) is 10.1. The first kappa shape index (κ1) is 12.3. The van der Waals surface area contributed by atoms with Gasteiger partial charge in [-0.1, -0.05) is 6.92 Å². The van der Waals surface area contributed by atoms with Gasteiger partial charge in [-0.05, 0) is 13.0 Å². The molecule has 0 spiro atoms. The van der Waals surface area contributed by atoms with Crippen LogP contribution in [0.3, 0.4) is 0 Å². The van der Waals surface area contributed by atoms with Gasteiger partial charge in [0.1, 0.15) is 0 Å². The van der Waals surface area contributed by atoms with Crippen molar-refractivity contribution < 1.29 is 9.84 Å². The van der Waals surface area contributed by atoms with Gasteiger partial charge in [-0.25, -0.2) is 0 Å². The number of ether oxygens (including phenoxy) is 1. The minimum Gasteiger partial charge on any atom is -0.391 e. The molecule has 2 fully saturated rings. The van der Waals surface area contributed by atoms with E-state index in [4.69, 9.17) is 4.74 Å². The fourth-order valence-electron chi connectivity index (χ4n) is 2.56. The molecule has 2 unspecified atom stereocenters. The molecular formula is C12H24N2O2. The molecule has 0 aromatic heterocycles. The van der Waals surface area contributed by atoms with Gasteiger partial charge in [0.05, 0.1) is 12.7 Å². The average Bonchev–Trinajstić information content (AvgIpc) is 2.83. The number of aliphatic hydroxyl groups excluding tert-OH is 1. The molecular weight excluding hydrogens is 204 g/mol. The van der Waals surface area contributed by atoms with E-state index in [1.165, 1.54) is 0 Å². The van der Waals surface area contributed by atoms with Crippen molar-refractivity contribution in [2.75, 3.05) is 52.5 Å². The molecule has 0 amide bonds. The number of aliphatic hydroxyl groups is 1. The average molecular weight is 228 g/mol. The van der Waals surface area contributed by atoms with Crippen molar-refractivity contribution in [1.29, 1.82) is 0 Å². The van der Waals surface area contributed by atoms with Crippen LogP contribution in [0.5, 0.6) is 0 Å². The van der Waals surface area contributed by atoms with Crippen LogP contribution in [0.2, 0.25) is 0 Å². The van der Waals surface area contributed by atoms with Crippen LogP contribution in [0, 0.1) is 5.92 Å². The van der Waals surface area contributed by atoms with Crippen LogP contribution in [-0.2, 0) is 4.74 Å². The SMILES string of the molecule is CCN1CCN(CC(O)C2CCOC2)CC1. The second kappa shape index (κ2) is 5.96. The van der Waals surface area contributed by atoms with E-state index in [2.05, 4.69) is 16.7 Å². The van der Waals surface area contributed by atoms with Gasteiger partial charge in [-0.15, -0.1) is 0 Å². The zero-order chi connectivity index (χ0) is 11.4. The number of rotatable bonds is 4. The summed E-state index contributed by atoms with van der Waals surface area (Å²) in [6.07, 6.45) is 0.825. The van der Waals surface area contributed by atoms with Gasteiger partial charge >= 0.3 is 0 Å². The monoisotopic (exact) mass is 228 g/mol. The van der Waals surface area contributed by atoms with Crippen LogP contribution in [0.1, 0.15) is 13.3 Å². The quantitative estimate of drug-likeness (QED) is 0.736. The third-order valence-corrected chi connectivity index (χ3v) is 3.87. The van der Waals surface area contributed by atoms with Crippen molar-refractivity contribution >= 4 is 0 Å². The lowest BCUT2D eigenvalue weighted by Gasteiger charge is -2.35. The smallest absolute Gasteiger partial charge is 0.0718 e. The summed E-state index contributed by atoms with van der Waals surface area (Å²) in [6, 6.07) is 0. The molecule has 2 aliphatic rings. The topological polar surface area (TPSA) is 35.9 Å². The summed E-state index contributed by atoms with van der Waals surface area (Å²) in [5.41, 5.74) is 0. The van der Waals surface area contributed by atoms with E-state index in [1.54, 1.807) is 0 Å². The third kappa shape index (κ3) is 3.17. The van der Waals surface area contributed by atoms with E-state index in [-0.39, 0.29) is 6.10 Å². The van der Waals surface area contributed by atoms with Crippen molar-refractivity contribution in [1.82, 2.24) is 9.80 Å². The Morgan fingerprint density at radius 2 is 1.94 bits per heavy atom. The molecule has 2 atom stereocenters. The maximum atomic E-state index is 10.1. The highest BCUT2D eigenvalue weighted by Crippen LogP contribution is 2.17. The molecule has 0 saturated carbocycles. The predicted octanol–water partition coefficient (Wildman–Crippen LogP) is 0.0213. The van der Waals surface area contributed by atoms with Crippen molar-refractivity contribution in [3.05, 3.63) is 0 Å². The van der Waals surface area contributed by atoms with Crippen molar-refractivity contribution in [3.8, 4) is 0 Å². The number of hydrogen-bond acceptors (Lipinski definition) is 4. The first-order valence-corrected chi connectivity index (χ1v) is 6.50. The lowest BCUT2D eigenvalue weighted by molar-refractivity contribution is 0.0373. The van der Waals surface area contributed by atoms with Gasteiger partial charge in [0.25, 0.3) is 0 Å². The Morgan fingerprint density at radius 1 is 1.25 bits per heavy atom. The molecule has 1 N–H and O–H groups in total. The molecule has 0 radical (unpaired) electrons. The van der Waals surface area contributed by atoms with Crippen molar-refractivity contribution in [2.45, 2.75) is 19.4 Å². The number of nitrogens with zero attached hydrogens (tertiary/aromatic N) is 2. The standard InChI is InChI=1S/C12H24N2O2/c1-2-13-4-6-14(7-5-13)9-12(15)11-3-8-16-10-11/h11-12,15H,2-10H2,1H3. The first-order chi connectivity index (χ1) is 7.79. The largest absolute Gasteiger partial charge is 0.391 e. The van der Waals surface area contributed by atoms with Crippen LogP contribution < -0.4 is 0 Å². The summed E-state index contributed by atoms with van der Waals surface area (Å²) >= 11 is 0. The molecule has 16 heavy (non-hydrogen) atoms. The molecule has 4 nitrogen and oxygen atoms in total. The van der Waals surface area contributed by atoms with Gasteiger partial charge in [-0.2, -0.15) is 0 Å². The van der Waals surface area contributed by atoms with Crippen molar-refractivity contribution in [3.63, 3.8) is 0 Å². The maximum Gasteiger partial charge on any atom is 0.0718 e. The van der Waals surface area contributed by atoms with Crippen molar-refractivity contribution in [2.24, 2.45) is 5.92 Å². The van der Waals surface area contributed by atoms with Crippen LogP contribution in [0.25, 0.3) is 0 Å². The van der Waals surface area contributed by atoms with E-state index in [0.717, 1.165) is 58.9 Å². The molecule has 2 saturated heterocycles. The van der Waals surface area contributed by atoms with Crippen LogP contribution in [0.15, 0.2) is 0 Å². The highest BCUT2D eigenvalue weighted by Gasteiger charge is 2.26. The fourth-order valence-corrected chi connectivity index (χ4v) is 2.56. The number of likely N-dealkylation sites (N-methyl/N-ethyl adjacent to an activating group) is 1. The lowest BCUT2D eigenvalue weighted by Crippen LogP contribution is -2.49. The first-order valence-electron chi connectivity index (χ1n) is 6.50. The minimum atomic E-state index is -0.198. The summed E-state index contributed by atoms with van der Waals surface area (Å²) in [7, 11) is 0. The number of piperazine rings is 1. The molecule has 94 valence electrons. The van der Waals surface area contributed by atoms with Crippen LogP contribution in [-0.4, -0.2) is 73.5 Å². The molecule has 0 aliphatic carbocycles. The Morgan fingerprint density at radius 3 is 2.50 bits per heavy atom. The molecule has 0 aromatic carbocycles. The van der Waals surface area contributed by atoms with Crippen LogP contribution >= 0.6 is 0 Å². The van der Waals surface area contributed by atoms with Gasteiger partial charge in [-0.3, -0.25) is 4.90 Å². The normalized spacial score (nSPS) is 30.8. The zero-order valence-electron chi connectivity index (χ0n) is 10.3. The van der Waals surface area contributed by atoms with E-state index >= 15 is 0 Å². The van der Waals surface area contributed by atoms with Gasteiger partial charge in [0.2, 0.25) is 0 Å². The second-order valence-electron chi connectivity index (χ2n) is 4.93. The second-order valence-corrected chi connectivity index (χ2v) is 4.93. The van der Waals surface area contributed by atoms with Gasteiger partial charge in [0, 0.05) is 45.2 Å². The molecule has 0 bridgehead atoms. The van der Waals surface area contributed by atoms with Crippen LogP contribution in [0.4, 0.5) is 0 Å². The number of β-amino-alcohol motifs (C(OH)–C–C–N with tert-alkyl or cyclic N) is 1. The third-order valence-electron chi connectivity index (χ3n) is 3.87. The summed E-state index contributed by atoms with van der Waals surface area (Å²) in [4.78, 5) is 4.84. The molecule has 2 heterocycles. The maximum absolute atomic E-state index is 10.1. The summed E-state index contributed by atoms with van der Waals surface area (Å²) in [5.74, 6) is 0.365. The van der Waals surface area contributed by atoms with E-state index in [9.17, 15) is 5.11 Å². The predicted molar refractivity (Wildman–Crippen MR) is 63.5 cm³/mol. The molecule has 0 aromatic rings. The zero-order valence-corrected chi connectivity index (χ0v) is 10.3. The van der Waals surface area contributed by atoms with Gasteiger partial charge < -0.3 is 14.7 Å². The molecule has 4 heteroatoms. The Labute approximate surface area is 98.2 Å². The highest BCUT2D eigenvalue weighted by atomic mass is 16.5. The Hall–Kier alpha value is -0.160. The summed E-state index contributed by atoms with van der Waals surface area (Å²) < 4.78 is 5.32. The lowest BCUT2D eigenvalue weighted by atomic mass is 10.0. The number of hydrogen-bond donors (Lipinski definition) is 1. The van der Waals surface area contributed by atoms with E-state index in [1.807, 2.05) is 0 Å². The van der Waals surface area contributed by atoms with E-state index in [0.29, 0.717) is 5.92 Å². The Balaban J connectivity index is 1.69. The summed E-state index contributed by atoms with van der Waals surface area (Å²) in [6.45, 7) is 10.2. The Kier molecular flexibility index (Phi) is 4.58. The molecule has 2 aliphatic heterocycles. The minimum absolute atomic E-state index is 0.198. The van der Waals surface area contributed by atoms with Gasteiger partial charge in [0.15, 0.2) is 0 Å². The highest BCUT2D eigenvalue weighted by molar-refractivity contribution is 4.79. The fraction of sp³-hybridized carbons (Fsp3) is 1.00. The Bertz CT molecular complexity index is 199. The van der Waals surface area contributed by atoms with E-state index < -0.39 is 0 Å².